The summed E-state index contributed by atoms with van der Waals surface area (Å²) in [7, 11) is 0. The molecular weight excluding hydrogens is 291 g/mol. The summed E-state index contributed by atoms with van der Waals surface area (Å²) in [6, 6.07) is 4.25. The Morgan fingerprint density at radius 1 is 1.47 bits per heavy atom. The second kappa shape index (κ2) is 4.80. The predicted molar refractivity (Wildman–Crippen MR) is 64.3 cm³/mol. The third-order valence-electron chi connectivity index (χ3n) is 2.00. The summed E-state index contributed by atoms with van der Waals surface area (Å²) in [6.07, 6.45) is 0. The van der Waals surface area contributed by atoms with E-state index in [4.69, 9.17) is 10.2 Å². The summed E-state index contributed by atoms with van der Waals surface area (Å²) in [6.45, 7) is 1.72. The Balaban J connectivity index is 2.22. The van der Waals surface area contributed by atoms with Gasteiger partial charge in [0.25, 0.3) is 0 Å². The van der Waals surface area contributed by atoms with Gasteiger partial charge >= 0.3 is 6.01 Å². The van der Waals surface area contributed by atoms with E-state index in [0.29, 0.717) is 5.89 Å². The van der Waals surface area contributed by atoms with Crippen molar-refractivity contribution in [2.75, 3.05) is 5.32 Å². The fourth-order valence-corrected chi connectivity index (χ4v) is 1.54. The van der Waals surface area contributed by atoms with Crippen molar-refractivity contribution in [2.45, 2.75) is 13.0 Å². The number of benzene rings is 1. The molecular formula is C10H10BrFN4O. The third-order valence-corrected chi connectivity index (χ3v) is 2.49. The molecule has 3 N–H and O–H groups in total. The topological polar surface area (TPSA) is 77.0 Å². The Hall–Kier alpha value is -1.47. The van der Waals surface area contributed by atoms with Crippen LogP contribution in [0.1, 0.15) is 18.9 Å². The van der Waals surface area contributed by atoms with Crippen LogP contribution in [-0.4, -0.2) is 10.2 Å². The number of hydrogen-bond donors (Lipinski definition) is 2. The van der Waals surface area contributed by atoms with Crippen molar-refractivity contribution >= 4 is 27.6 Å². The Morgan fingerprint density at radius 3 is 2.88 bits per heavy atom. The second-order valence-electron chi connectivity index (χ2n) is 3.48. The average Bonchev–Trinajstić information content (AvgIpc) is 2.72. The van der Waals surface area contributed by atoms with Gasteiger partial charge in [-0.2, -0.15) is 0 Å². The van der Waals surface area contributed by atoms with Crippen LogP contribution in [0.25, 0.3) is 0 Å². The summed E-state index contributed by atoms with van der Waals surface area (Å²) < 4.78 is 19.4. The number of nitrogens with one attached hydrogen (secondary N) is 1. The molecule has 2 aromatic rings. The van der Waals surface area contributed by atoms with Crippen LogP contribution in [0.4, 0.5) is 16.1 Å². The molecule has 0 fully saturated rings. The van der Waals surface area contributed by atoms with Crippen molar-refractivity contribution < 1.29 is 8.81 Å². The predicted octanol–water partition coefficient (Wildman–Crippen LogP) is 2.73. The highest BCUT2D eigenvalue weighted by Crippen LogP contribution is 2.23. The van der Waals surface area contributed by atoms with Gasteiger partial charge in [0.15, 0.2) is 0 Å². The zero-order valence-corrected chi connectivity index (χ0v) is 10.5. The minimum atomic E-state index is -0.409. The number of nitrogens with two attached hydrogens (primary N) is 1. The Labute approximate surface area is 105 Å². The van der Waals surface area contributed by atoms with Crippen LogP contribution in [0.2, 0.25) is 0 Å². The van der Waals surface area contributed by atoms with E-state index in [9.17, 15) is 4.39 Å². The molecule has 2 rings (SSSR count). The van der Waals surface area contributed by atoms with Gasteiger partial charge < -0.3 is 15.5 Å². The maximum Gasteiger partial charge on any atom is 0.320 e. The van der Waals surface area contributed by atoms with Crippen molar-refractivity contribution in [1.29, 1.82) is 0 Å². The van der Waals surface area contributed by atoms with E-state index in [1.807, 2.05) is 0 Å². The van der Waals surface area contributed by atoms with Gasteiger partial charge in [-0.15, -0.1) is 5.10 Å². The van der Waals surface area contributed by atoms with Gasteiger partial charge in [-0.05, 0) is 25.1 Å². The van der Waals surface area contributed by atoms with Gasteiger partial charge in [-0.1, -0.05) is 21.0 Å². The average molecular weight is 301 g/mol. The van der Waals surface area contributed by atoms with E-state index < -0.39 is 5.82 Å². The summed E-state index contributed by atoms with van der Waals surface area (Å²) in [5, 5.41) is 10.1. The normalized spacial score (nSPS) is 12.5. The number of aromatic nitrogens is 2. The Kier molecular flexibility index (Phi) is 3.39. The smallest absolute Gasteiger partial charge is 0.320 e. The van der Waals surface area contributed by atoms with Crippen LogP contribution in [-0.2, 0) is 0 Å². The van der Waals surface area contributed by atoms with Crippen LogP contribution in [0.5, 0.6) is 0 Å². The van der Waals surface area contributed by atoms with Crippen molar-refractivity contribution in [2.24, 2.45) is 5.73 Å². The maximum atomic E-state index is 13.4. The molecule has 5 nitrogen and oxygen atoms in total. The molecule has 0 bridgehead atoms. The first-order valence-corrected chi connectivity index (χ1v) is 5.66. The second-order valence-corrected chi connectivity index (χ2v) is 4.40. The number of hydrogen-bond acceptors (Lipinski definition) is 5. The van der Waals surface area contributed by atoms with E-state index in [1.165, 1.54) is 6.07 Å². The number of rotatable bonds is 3. The molecule has 1 heterocycles. The van der Waals surface area contributed by atoms with Gasteiger partial charge in [-0.25, -0.2) is 4.39 Å². The summed E-state index contributed by atoms with van der Waals surface area (Å²) in [4.78, 5) is 0. The molecule has 1 aromatic heterocycles. The lowest BCUT2D eigenvalue weighted by Crippen LogP contribution is -2.04. The molecule has 0 radical (unpaired) electrons. The molecule has 0 aliphatic carbocycles. The number of halogens is 2. The minimum absolute atomic E-state index is 0.106. The largest absolute Gasteiger partial charge is 0.406 e. The number of anilines is 2. The fraction of sp³-hybridized carbons (Fsp3) is 0.200. The van der Waals surface area contributed by atoms with E-state index in [2.05, 4.69) is 31.4 Å². The molecule has 0 amide bonds. The molecule has 1 aromatic carbocycles. The molecule has 1 atom stereocenters. The SMILES string of the molecule is CC(N)c1nnc(Nc2cc(Br)ccc2F)o1. The third kappa shape index (κ3) is 2.80. The molecule has 1 unspecified atom stereocenters. The molecule has 0 saturated heterocycles. The zero-order chi connectivity index (χ0) is 12.4. The number of nitrogens with zero attached hydrogens (tertiary/aromatic N) is 2. The summed E-state index contributed by atoms with van der Waals surface area (Å²) in [5.74, 6) is -0.114. The molecule has 90 valence electrons. The quantitative estimate of drug-likeness (QED) is 0.911. The van der Waals surface area contributed by atoms with Crippen LogP contribution < -0.4 is 11.1 Å². The highest BCUT2D eigenvalue weighted by Gasteiger charge is 2.11. The lowest BCUT2D eigenvalue weighted by Gasteiger charge is -2.03. The van der Waals surface area contributed by atoms with Crippen LogP contribution in [0.15, 0.2) is 27.1 Å². The van der Waals surface area contributed by atoms with E-state index >= 15 is 0 Å². The van der Waals surface area contributed by atoms with Crippen LogP contribution >= 0.6 is 15.9 Å². The molecule has 17 heavy (non-hydrogen) atoms. The van der Waals surface area contributed by atoms with Gasteiger partial charge in [0, 0.05) is 4.47 Å². The molecule has 0 saturated carbocycles. The maximum absolute atomic E-state index is 13.4. The zero-order valence-electron chi connectivity index (χ0n) is 8.95. The van der Waals surface area contributed by atoms with Gasteiger partial charge in [0.2, 0.25) is 5.89 Å². The van der Waals surface area contributed by atoms with E-state index in [1.54, 1.807) is 19.1 Å². The van der Waals surface area contributed by atoms with Crippen LogP contribution in [0, 0.1) is 5.82 Å². The highest BCUT2D eigenvalue weighted by molar-refractivity contribution is 9.10. The first kappa shape index (κ1) is 12.0. The molecule has 0 aliphatic rings. The standard InChI is InChI=1S/C10H10BrFN4O/c1-5(13)9-15-16-10(17-9)14-8-4-6(11)2-3-7(8)12/h2-5H,13H2,1H3,(H,14,16). The minimum Gasteiger partial charge on any atom is -0.406 e. The Bertz CT molecular complexity index is 529. The molecule has 7 heteroatoms. The highest BCUT2D eigenvalue weighted by atomic mass is 79.9. The van der Waals surface area contributed by atoms with E-state index in [0.717, 1.165) is 4.47 Å². The monoisotopic (exact) mass is 300 g/mol. The lowest BCUT2D eigenvalue weighted by molar-refractivity contribution is 0.475. The summed E-state index contributed by atoms with van der Waals surface area (Å²) in [5.41, 5.74) is 5.82. The van der Waals surface area contributed by atoms with Crippen molar-refractivity contribution in [3.8, 4) is 0 Å². The first-order chi connectivity index (χ1) is 8.06. The first-order valence-electron chi connectivity index (χ1n) is 4.87. The van der Waals surface area contributed by atoms with Crippen molar-refractivity contribution in [3.63, 3.8) is 0 Å². The summed E-state index contributed by atoms with van der Waals surface area (Å²) >= 11 is 3.24. The van der Waals surface area contributed by atoms with Crippen LogP contribution in [0.3, 0.4) is 0 Å². The van der Waals surface area contributed by atoms with Gasteiger partial charge in [0.05, 0.1) is 11.7 Å². The van der Waals surface area contributed by atoms with Crippen molar-refractivity contribution in [3.05, 3.63) is 34.4 Å². The fourth-order valence-electron chi connectivity index (χ4n) is 1.18. The van der Waals surface area contributed by atoms with E-state index in [-0.39, 0.29) is 17.7 Å². The Morgan fingerprint density at radius 2 is 2.24 bits per heavy atom. The van der Waals surface area contributed by atoms with Gasteiger partial charge in [-0.3, -0.25) is 0 Å². The molecule has 0 aliphatic heterocycles. The molecule has 0 spiro atoms. The van der Waals surface area contributed by atoms with Crippen molar-refractivity contribution in [1.82, 2.24) is 10.2 Å². The lowest BCUT2D eigenvalue weighted by atomic mass is 10.3. The van der Waals surface area contributed by atoms with Gasteiger partial charge in [0.1, 0.15) is 5.82 Å².